The minimum atomic E-state index is -0.831. The normalized spacial score (nSPS) is 19.0. The molecule has 0 radical (unpaired) electrons. The van der Waals surface area contributed by atoms with Crippen molar-refractivity contribution < 1.29 is 23.6 Å². The number of aliphatic hydroxyl groups excluding tert-OH is 1. The van der Waals surface area contributed by atoms with Crippen molar-refractivity contribution in [1.82, 2.24) is 15.4 Å². The molecule has 0 saturated carbocycles. The lowest BCUT2D eigenvalue weighted by Crippen LogP contribution is -2.43. The van der Waals surface area contributed by atoms with E-state index in [1.165, 1.54) is 6.26 Å². The van der Waals surface area contributed by atoms with Gasteiger partial charge in [-0.05, 0) is 23.8 Å². The number of furan rings is 1. The minimum Gasteiger partial charge on any atom is -0.472 e. The highest BCUT2D eigenvalue weighted by molar-refractivity contribution is 5.95. The van der Waals surface area contributed by atoms with Crippen molar-refractivity contribution in [3.63, 3.8) is 0 Å². The molecule has 4 rings (SSSR count). The summed E-state index contributed by atoms with van der Waals surface area (Å²) in [5.41, 5.74) is 2.78. The molecule has 8 nitrogen and oxygen atoms in total. The summed E-state index contributed by atoms with van der Waals surface area (Å²) in [6, 6.07) is 10.1. The average Bonchev–Trinajstić information content (AvgIpc) is 3.45. The van der Waals surface area contributed by atoms with Gasteiger partial charge in [-0.2, -0.15) is 0 Å². The predicted molar refractivity (Wildman–Crippen MR) is 98.2 cm³/mol. The standard InChI is InChI=1S/C20H19N3O5/c24-18-11-23(10-17(18)21-19(25)9-16-5-7-28-22-16)20(26)14-3-1-2-13(8-14)15-4-6-27-12-15/h1-8,12,17-18,24H,9-11H2,(H,21,25)/t17-,18-/m1/s1. The number of benzene rings is 1. The SMILES string of the molecule is O=C(Cc1ccon1)N[C@@H]1CN(C(=O)c2cccc(-c3ccoc3)c2)C[C@H]1O. The number of nitrogens with one attached hydrogen (secondary N) is 1. The fourth-order valence-corrected chi connectivity index (χ4v) is 3.29. The van der Waals surface area contributed by atoms with Crippen LogP contribution in [0.2, 0.25) is 0 Å². The fraction of sp³-hybridized carbons (Fsp3) is 0.250. The van der Waals surface area contributed by atoms with Gasteiger partial charge in [0.25, 0.3) is 5.91 Å². The number of hydrogen-bond donors (Lipinski definition) is 2. The highest BCUT2D eigenvalue weighted by atomic mass is 16.5. The number of amides is 2. The summed E-state index contributed by atoms with van der Waals surface area (Å²) in [6.45, 7) is 0.393. The third-order valence-corrected chi connectivity index (χ3v) is 4.72. The number of carbonyl (C=O) groups is 2. The molecule has 0 unspecified atom stereocenters. The van der Waals surface area contributed by atoms with E-state index >= 15 is 0 Å². The van der Waals surface area contributed by atoms with Gasteiger partial charge in [-0.3, -0.25) is 9.59 Å². The van der Waals surface area contributed by atoms with E-state index in [1.54, 1.807) is 41.7 Å². The Morgan fingerprint density at radius 3 is 2.82 bits per heavy atom. The first-order chi connectivity index (χ1) is 13.6. The maximum absolute atomic E-state index is 12.9. The van der Waals surface area contributed by atoms with E-state index in [0.717, 1.165) is 11.1 Å². The average molecular weight is 381 g/mol. The van der Waals surface area contributed by atoms with E-state index < -0.39 is 12.1 Å². The Bertz CT molecular complexity index is 952. The summed E-state index contributed by atoms with van der Waals surface area (Å²) in [7, 11) is 0. The van der Waals surface area contributed by atoms with Crippen LogP contribution < -0.4 is 5.32 Å². The second-order valence-corrected chi connectivity index (χ2v) is 6.71. The van der Waals surface area contributed by atoms with Gasteiger partial charge in [0.05, 0.1) is 36.8 Å². The Hall–Kier alpha value is -3.39. The third-order valence-electron chi connectivity index (χ3n) is 4.72. The zero-order chi connectivity index (χ0) is 19.5. The van der Waals surface area contributed by atoms with Crippen molar-refractivity contribution in [3.8, 4) is 11.1 Å². The second-order valence-electron chi connectivity index (χ2n) is 6.71. The van der Waals surface area contributed by atoms with Crippen LogP contribution in [0.25, 0.3) is 11.1 Å². The van der Waals surface area contributed by atoms with Crippen LogP contribution >= 0.6 is 0 Å². The summed E-state index contributed by atoms with van der Waals surface area (Å²) in [5, 5.41) is 16.7. The number of aromatic nitrogens is 1. The topological polar surface area (TPSA) is 109 Å². The molecule has 0 aliphatic carbocycles. The summed E-state index contributed by atoms with van der Waals surface area (Å²) in [4.78, 5) is 26.5. The van der Waals surface area contributed by atoms with Crippen LogP contribution in [0.1, 0.15) is 16.1 Å². The van der Waals surface area contributed by atoms with Crippen molar-refractivity contribution in [2.24, 2.45) is 0 Å². The van der Waals surface area contributed by atoms with E-state index in [0.29, 0.717) is 11.3 Å². The zero-order valence-corrected chi connectivity index (χ0v) is 14.9. The zero-order valence-electron chi connectivity index (χ0n) is 14.9. The van der Waals surface area contributed by atoms with Crippen molar-refractivity contribution in [2.75, 3.05) is 13.1 Å². The Morgan fingerprint density at radius 1 is 1.18 bits per heavy atom. The van der Waals surface area contributed by atoms with Crippen molar-refractivity contribution in [2.45, 2.75) is 18.6 Å². The molecule has 1 aromatic carbocycles. The monoisotopic (exact) mass is 381 g/mol. The van der Waals surface area contributed by atoms with E-state index in [9.17, 15) is 14.7 Å². The largest absolute Gasteiger partial charge is 0.472 e. The predicted octanol–water partition coefficient (Wildman–Crippen LogP) is 1.48. The van der Waals surface area contributed by atoms with E-state index in [-0.39, 0.29) is 31.3 Å². The number of likely N-dealkylation sites (tertiary alicyclic amines) is 1. The maximum Gasteiger partial charge on any atom is 0.254 e. The molecule has 1 aliphatic heterocycles. The lowest BCUT2D eigenvalue weighted by Gasteiger charge is -2.17. The van der Waals surface area contributed by atoms with Gasteiger partial charge in [-0.1, -0.05) is 17.3 Å². The molecule has 2 aromatic heterocycles. The molecule has 3 heterocycles. The van der Waals surface area contributed by atoms with Gasteiger partial charge in [0.2, 0.25) is 5.91 Å². The number of β-amino-alcohol motifs (C(OH)–C–C–N with tert-alkyl or cyclic N) is 1. The molecule has 2 amide bonds. The molecule has 1 aliphatic rings. The molecular formula is C20H19N3O5. The van der Waals surface area contributed by atoms with Crippen LogP contribution in [0.3, 0.4) is 0 Å². The first-order valence-corrected chi connectivity index (χ1v) is 8.89. The van der Waals surface area contributed by atoms with Crippen LogP contribution in [0, 0.1) is 0 Å². The minimum absolute atomic E-state index is 0.0560. The molecule has 1 fully saturated rings. The molecule has 2 atom stereocenters. The summed E-state index contributed by atoms with van der Waals surface area (Å²) in [6.07, 6.45) is 3.81. The Labute approximate surface area is 160 Å². The molecule has 8 heteroatoms. The van der Waals surface area contributed by atoms with Gasteiger partial charge < -0.3 is 24.3 Å². The molecule has 144 valence electrons. The van der Waals surface area contributed by atoms with Gasteiger partial charge >= 0.3 is 0 Å². The highest BCUT2D eigenvalue weighted by Gasteiger charge is 2.35. The van der Waals surface area contributed by atoms with E-state index in [1.807, 2.05) is 12.1 Å². The summed E-state index contributed by atoms with van der Waals surface area (Å²) in [5.74, 6) is -0.480. The number of nitrogens with zero attached hydrogens (tertiary/aromatic N) is 2. The van der Waals surface area contributed by atoms with Crippen LogP contribution in [0.5, 0.6) is 0 Å². The molecule has 2 N–H and O–H groups in total. The molecule has 28 heavy (non-hydrogen) atoms. The fourth-order valence-electron chi connectivity index (χ4n) is 3.29. The van der Waals surface area contributed by atoms with Gasteiger partial charge in [0.15, 0.2) is 0 Å². The van der Waals surface area contributed by atoms with Crippen molar-refractivity contribution >= 4 is 11.8 Å². The van der Waals surface area contributed by atoms with Gasteiger partial charge in [-0.25, -0.2) is 0 Å². The molecular weight excluding hydrogens is 362 g/mol. The molecule has 1 saturated heterocycles. The van der Waals surface area contributed by atoms with Gasteiger partial charge in [0.1, 0.15) is 6.26 Å². The molecule has 0 bridgehead atoms. The second kappa shape index (κ2) is 7.69. The van der Waals surface area contributed by atoms with Crippen LogP contribution in [-0.2, 0) is 11.2 Å². The smallest absolute Gasteiger partial charge is 0.254 e. The number of hydrogen-bond acceptors (Lipinski definition) is 6. The highest BCUT2D eigenvalue weighted by Crippen LogP contribution is 2.22. The van der Waals surface area contributed by atoms with Crippen molar-refractivity contribution in [1.29, 1.82) is 0 Å². The number of carbonyl (C=O) groups excluding carboxylic acids is 2. The van der Waals surface area contributed by atoms with E-state index in [2.05, 4.69) is 10.5 Å². The Balaban J connectivity index is 1.40. The molecule has 3 aromatic rings. The first kappa shape index (κ1) is 18.0. The van der Waals surface area contributed by atoms with Gasteiger partial charge in [-0.15, -0.1) is 0 Å². The van der Waals surface area contributed by atoms with Crippen molar-refractivity contribution in [3.05, 3.63) is 66.4 Å². The van der Waals surface area contributed by atoms with Crippen LogP contribution in [0.4, 0.5) is 0 Å². The van der Waals surface area contributed by atoms with Crippen LogP contribution in [0.15, 0.2) is 64.1 Å². The van der Waals surface area contributed by atoms with Crippen LogP contribution in [-0.4, -0.2) is 52.2 Å². The third kappa shape index (κ3) is 3.81. The van der Waals surface area contributed by atoms with E-state index in [4.69, 9.17) is 8.94 Å². The Morgan fingerprint density at radius 2 is 2.07 bits per heavy atom. The quantitative estimate of drug-likeness (QED) is 0.693. The Kier molecular flexibility index (Phi) is 4.94. The summed E-state index contributed by atoms with van der Waals surface area (Å²) < 4.78 is 9.79. The maximum atomic E-state index is 12.9. The molecule has 0 spiro atoms. The lowest BCUT2D eigenvalue weighted by molar-refractivity contribution is -0.121. The number of aliphatic hydroxyl groups is 1. The number of rotatable bonds is 5. The first-order valence-electron chi connectivity index (χ1n) is 8.89. The van der Waals surface area contributed by atoms with Gasteiger partial charge in [0, 0.05) is 30.3 Å². The summed E-state index contributed by atoms with van der Waals surface area (Å²) >= 11 is 0. The lowest BCUT2D eigenvalue weighted by atomic mass is 10.1.